The number of alkyl halides is 3. The Morgan fingerprint density at radius 1 is 1.05 bits per heavy atom. The lowest BCUT2D eigenvalue weighted by Gasteiger charge is -2.12. The Balaban J connectivity index is 2.16. The molecule has 0 fully saturated rings. The van der Waals surface area contributed by atoms with Crippen LogP contribution >= 0.6 is 11.8 Å². The lowest BCUT2D eigenvalue weighted by molar-refractivity contribution is -0.137. The quantitative estimate of drug-likeness (QED) is 0.734. The summed E-state index contributed by atoms with van der Waals surface area (Å²) in [6.45, 7) is 0. The van der Waals surface area contributed by atoms with Crippen LogP contribution in [-0.4, -0.2) is 7.11 Å². The van der Waals surface area contributed by atoms with Crippen molar-refractivity contribution in [1.29, 1.82) is 0 Å². The molecule has 0 aliphatic rings. The van der Waals surface area contributed by atoms with Gasteiger partial charge in [0.2, 0.25) is 0 Å². The van der Waals surface area contributed by atoms with Gasteiger partial charge in [0.15, 0.2) is 0 Å². The Hall–Kier alpha value is -1.62. The Labute approximate surface area is 119 Å². The molecule has 2 rings (SSSR count). The van der Waals surface area contributed by atoms with E-state index in [0.29, 0.717) is 10.6 Å². The number of hydrogen-bond donors (Lipinski definition) is 0. The van der Waals surface area contributed by atoms with E-state index in [2.05, 4.69) is 0 Å². The van der Waals surface area contributed by atoms with Gasteiger partial charge >= 0.3 is 6.18 Å². The summed E-state index contributed by atoms with van der Waals surface area (Å²) >= 11 is 1.45. The van der Waals surface area contributed by atoms with Crippen LogP contribution in [0.5, 0.6) is 5.75 Å². The molecule has 0 bridgehead atoms. The molecule has 5 heteroatoms. The summed E-state index contributed by atoms with van der Waals surface area (Å²) in [6, 6.07) is 13.3. The van der Waals surface area contributed by atoms with Crippen molar-refractivity contribution in [1.82, 2.24) is 0 Å². The van der Waals surface area contributed by atoms with Gasteiger partial charge in [0.1, 0.15) is 5.75 Å². The molecule has 0 saturated carbocycles. The second-order valence-electron chi connectivity index (χ2n) is 4.14. The third kappa shape index (κ3) is 3.70. The van der Waals surface area contributed by atoms with E-state index in [4.69, 9.17) is 4.74 Å². The minimum absolute atomic E-state index is 0.251. The minimum atomic E-state index is -4.35. The molecule has 0 heterocycles. The van der Waals surface area contributed by atoms with E-state index >= 15 is 0 Å². The summed E-state index contributed by atoms with van der Waals surface area (Å²) in [5.74, 6) is 0.934. The van der Waals surface area contributed by atoms with Crippen LogP contribution < -0.4 is 4.74 Å². The molecule has 2 aromatic carbocycles. The van der Waals surface area contributed by atoms with Gasteiger partial charge in [-0.2, -0.15) is 13.2 Å². The third-order valence-corrected chi connectivity index (χ3v) is 3.85. The number of thioether (sulfide) groups is 1. The van der Waals surface area contributed by atoms with Crippen molar-refractivity contribution in [3.8, 4) is 5.75 Å². The van der Waals surface area contributed by atoms with E-state index in [1.165, 1.54) is 24.9 Å². The highest BCUT2D eigenvalue weighted by Crippen LogP contribution is 2.37. The van der Waals surface area contributed by atoms with Crippen molar-refractivity contribution in [2.75, 3.05) is 7.11 Å². The summed E-state index contributed by atoms with van der Waals surface area (Å²) in [4.78, 5) is 0.698. The molecular weight excluding hydrogens is 285 g/mol. The smallest absolute Gasteiger partial charge is 0.416 e. The van der Waals surface area contributed by atoms with Gasteiger partial charge in [-0.15, -0.1) is 11.8 Å². The molecule has 0 aromatic heterocycles. The first-order valence-corrected chi connectivity index (χ1v) is 6.91. The summed E-state index contributed by atoms with van der Waals surface area (Å²) in [6.07, 6.45) is -4.35. The van der Waals surface area contributed by atoms with Crippen molar-refractivity contribution >= 4 is 11.8 Å². The molecule has 0 aliphatic carbocycles. The highest BCUT2D eigenvalue weighted by Gasteiger charge is 2.31. The number of methoxy groups -OCH3 is 1. The van der Waals surface area contributed by atoms with E-state index in [1.54, 1.807) is 0 Å². The van der Waals surface area contributed by atoms with Gasteiger partial charge < -0.3 is 4.74 Å². The predicted octanol–water partition coefficient (Wildman–Crippen LogP) is 5.01. The summed E-state index contributed by atoms with van der Waals surface area (Å²) in [5, 5.41) is 0. The molecule has 0 saturated heterocycles. The molecule has 106 valence electrons. The topological polar surface area (TPSA) is 9.23 Å². The summed E-state index contributed by atoms with van der Waals surface area (Å²) < 4.78 is 42.9. The highest BCUT2D eigenvalue weighted by molar-refractivity contribution is 7.98. The summed E-state index contributed by atoms with van der Waals surface area (Å²) in [7, 11) is 1.38. The maximum atomic E-state index is 12.6. The van der Waals surface area contributed by atoms with Crippen LogP contribution in [0.3, 0.4) is 0 Å². The number of hydrogen-bond acceptors (Lipinski definition) is 2. The molecule has 0 unspecified atom stereocenters. The normalized spacial score (nSPS) is 11.4. The van der Waals surface area contributed by atoms with Gasteiger partial charge in [0, 0.05) is 10.6 Å². The third-order valence-electron chi connectivity index (χ3n) is 2.73. The van der Waals surface area contributed by atoms with E-state index in [1.807, 2.05) is 30.3 Å². The van der Waals surface area contributed by atoms with Crippen LogP contribution in [0.1, 0.15) is 11.1 Å². The highest BCUT2D eigenvalue weighted by atomic mass is 32.2. The molecule has 0 amide bonds. The first-order chi connectivity index (χ1) is 9.50. The Morgan fingerprint density at radius 2 is 1.75 bits per heavy atom. The van der Waals surface area contributed by atoms with Crippen LogP contribution in [0.25, 0.3) is 0 Å². The average molecular weight is 298 g/mol. The second kappa shape index (κ2) is 6.22. The maximum Gasteiger partial charge on any atom is 0.416 e. The SMILES string of the molecule is COc1cc(C(F)(F)F)ccc1SCc1ccccc1. The molecule has 0 N–H and O–H groups in total. The molecule has 2 aromatic rings. The fraction of sp³-hybridized carbons (Fsp3) is 0.200. The zero-order valence-electron chi connectivity index (χ0n) is 10.8. The van der Waals surface area contributed by atoms with Crippen LogP contribution in [0.2, 0.25) is 0 Å². The lowest BCUT2D eigenvalue weighted by atomic mass is 10.2. The van der Waals surface area contributed by atoms with Crippen molar-refractivity contribution in [2.24, 2.45) is 0 Å². The Kier molecular flexibility index (Phi) is 4.60. The Morgan fingerprint density at radius 3 is 2.35 bits per heavy atom. The van der Waals surface area contributed by atoms with Crippen molar-refractivity contribution < 1.29 is 17.9 Å². The molecule has 1 nitrogen and oxygen atoms in total. The fourth-order valence-corrected chi connectivity index (χ4v) is 2.66. The van der Waals surface area contributed by atoms with Gasteiger partial charge in [-0.05, 0) is 23.8 Å². The van der Waals surface area contributed by atoms with Crippen LogP contribution in [-0.2, 0) is 11.9 Å². The van der Waals surface area contributed by atoms with E-state index in [0.717, 1.165) is 17.7 Å². The van der Waals surface area contributed by atoms with Gasteiger partial charge in [0.25, 0.3) is 0 Å². The van der Waals surface area contributed by atoms with Crippen LogP contribution in [0.4, 0.5) is 13.2 Å². The average Bonchev–Trinajstić information content (AvgIpc) is 2.45. The molecule has 0 spiro atoms. The molecule has 20 heavy (non-hydrogen) atoms. The molecule has 0 aliphatic heterocycles. The monoisotopic (exact) mass is 298 g/mol. The van der Waals surface area contributed by atoms with Gasteiger partial charge in [0.05, 0.1) is 12.7 Å². The number of benzene rings is 2. The van der Waals surface area contributed by atoms with Crippen LogP contribution in [0.15, 0.2) is 53.4 Å². The van der Waals surface area contributed by atoms with E-state index in [-0.39, 0.29) is 5.75 Å². The fourth-order valence-electron chi connectivity index (χ4n) is 1.70. The number of ether oxygens (including phenoxy) is 1. The minimum Gasteiger partial charge on any atom is -0.496 e. The molecular formula is C15H13F3OS. The molecule has 0 atom stereocenters. The van der Waals surface area contributed by atoms with Crippen molar-refractivity contribution in [2.45, 2.75) is 16.8 Å². The summed E-state index contributed by atoms with van der Waals surface area (Å²) in [5.41, 5.74) is 0.415. The van der Waals surface area contributed by atoms with E-state index < -0.39 is 11.7 Å². The zero-order valence-corrected chi connectivity index (χ0v) is 11.6. The maximum absolute atomic E-state index is 12.6. The number of rotatable bonds is 4. The standard InChI is InChI=1S/C15H13F3OS/c1-19-13-9-12(15(16,17)18)7-8-14(13)20-10-11-5-3-2-4-6-11/h2-9H,10H2,1H3. The molecule has 0 radical (unpaired) electrons. The van der Waals surface area contributed by atoms with Gasteiger partial charge in [-0.3, -0.25) is 0 Å². The number of halogens is 3. The van der Waals surface area contributed by atoms with Crippen LogP contribution in [0, 0.1) is 0 Å². The zero-order chi connectivity index (χ0) is 14.6. The van der Waals surface area contributed by atoms with Crippen molar-refractivity contribution in [3.63, 3.8) is 0 Å². The first-order valence-electron chi connectivity index (χ1n) is 5.92. The van der Waals surface area contributed by atoms with Gasteiger partial charge in [-0.1, -0.05) is 30.3 Å². The van der Waals surface area contributed by atoms with Crippen molar-refractivity contribution in [3.05, 3.63) is 59.7 Å². The van der Waals surface area contributed by atoms with Gasteiger partial charge in [-0.25, -0.2) is 0 Å². The second-order valence-corrected chi connectivity index (χ2v) is 5.15. The lowest BCUT2D eigenvalue weighted by Crippen LogP contribution is -2.05. The predicted molar refractivity (Wildman–Crippen MR) is 74.0 cm³/mol. The van der Waals surface area contributed by atoms with E-state index in [9.17, 15) is 13.2 Å². The first kappa shape index (κ1) is 14.8. The largest absolute Gasteiger partial charge is 0.496 e. The Bertz CT molecular complexity index is 567.